The molecule has 0 fully saturated rings. The third-order valence-electron chi connectivity index (χ3n) is 1.09. The zero-order chi connectivity index (χ0) is 9.40. The van der Waals surface area contributed by atoms with E-state index in [2.05, 4.69) is 23.5 Å². The molecule has 0 saturated carbocycles. The molecule has 0 aromatic rings. The van der Waals surface area contributed by atoms with Gasteiger partial charge in [0, 0.05) is 23.9 Å². The van der Waals surface area contributed by atoms with Crippen molar-refractivity contribution < 1.29 is 0 Å². The molecule has 12 heavy (non-hydrogen) atoms. The van der Waals surface area contributed by atoms with Gasteiger partial charge in [0.05, 0.1) is 6.54 Å². The van der Waals surface area contributed by atoms with Crippen molar-refractivity contribution >= 4 is 17.8 Å². The van der Waals surface area contributed by atoms with Crippen LogP contribution in [0.5, 0.6) is 0 Å². The molecule has 0 aliphatic heterocycles. The third kappa shape index (κ3) is 5.74. The first-order chi connectivity index (χ1) is 5.68. The van der Waals surface area contributed by atoms with Gasteiger partial charge in [0.1, 0.15) is 0 Å². The van der Waals surface area contributed by atoms with Gasteiger partial charge in [-0.15, -0.1) is 0 Å². The Kier molecular flexibility index (Phi) is 6.11. The molecule has 0 saturated heterocycles. The Morgan fingerprint density at radius 3 is 2.75 bits per heavy atom. The summed E-state index contributed by atoms with van der Waals surface area (Å²) < 4.78 is 0. The maximum absolute atomic E-state index is 5.55. The van der Waals surface area contributed by atoms with E-state index in [9.17, 15) is 0 Å². The van der Waals surface area contributed by atoms with Crippen LogP contribution in [-0.2, 0) is 0 Å². The van der Waals surface area contributed by atoms with Gasteiger partial charge in [0.15, 0.2) is 0 Å². The zero-order valence-corrected chi connectivity index (χ0v) is 7.93. The maximum atomic E-state index is 5.55. The van der Waals surface area contributed by atoms with Gasteiger partial charge in [-0.3, -0.25) is 4.99 Å². The second-order valence-corrected chi connectivity index (χ2v) is 2.57. The van der Waals surface area contributed by atoms with Crippen LogP contribution in [0.15, 0.2) is 41.0 Å². The van der Waals surface area contributed by atoms with Gasteiger partial charge in [-0.25, -0.2) is 0 Å². The largest absolute Gasteiger partial charge is 0.394 e. The fourth-order valence-electron chi connectivity index (χ4n) is 0.464. The highest BCUT2D eigenvalue weighted by Crippen LogP contribution is 2.05. The highest BCUT2D eigenvalue weighted by atomic mass is 35.5. The molecule has 0 aliphatic carbocycles. The number of rotatable bonds is 5. The molecule has 1 N–H and O–H groups in total. The normalized spacial score (nSPS) is 10.8. The molecule has 0 atom stereocenters. The first kappa shape index (κ1) is 11.0. The van der Waals surface area contributed by atoms with E-state index in [-0.39, 0.29) is 0 Å². The van der Waals surface area contributed by atoms with Crippen molar-refractivity contribution in [1.82, 2.24) is 5.32 Å². The van der Waals surface area contributed by atoms with Crippen molar-refractivity contribution in [2.75, 3.05) is 13.6 Å². The minimum Gasteiger partial charge on any atom is -0.394 e. The van der Waals surface area contributed by atoms with E-state index in [4.69, 9.17) is 11.6 Å². The van der Waals surface area contributed by atoms with Crippen LogP contribution >= 0.6 is 11.6 Å². The first-order valence-corrected chi connectivity index (χ1v) is 3.92. The lowest BCUT2D eigenvalue weighted by Gasteiger charge is -1.91. The monoisotopic (exact) mass is 184 g/mol. The predicted molar refractivity (Wildman–Crippen MR) is 55.7 cm³/mol. The molecule has 66 valence electrons. The topological polar surface area (TPSA) is 24.4 Å². The van der Waals surface area contributed by atoms with Gasteiger partial charge >= 0.3 is 0 Å². The molecule has 0 bridgehead atoms. The zero-order valence-electron chi connectivity index (χ0n) is 7.18. The average Bonchev–Trinajstić information content (AvgIpc) is 2.03. The fraction of sp³-hybridized carbons (Fsp3) is 0.222. The molecule has 3 heteroatoms. The summed E-state index contributed by atoms with van der Waals surface area (Å²) in [5.74, 6) is 0. The van der Waals surface area contributed by atoms with Gasteiger partial charge < -0.3 is 5.32 Å². The smallest absolute Gasteiger partial charge is 0.0587 e. The summed E-state index contributed by atoms with van der Waals surface area (Å²) in [6.07, 6.45) is 5.31. The summed E-state index contributed by atoms with van der Waals surface area (Å²) >= 11 is 5.55. The van der Waals surface area contributed by atoms with Crippen LogP contribution < -0.4 is 5.32 Å². The Bertz CT molecular complexity index is 217. The van der Waals surface area contributed by atoms with Crippen LogP contribution in [0.2, 0.25) is 0 Å². The molecule has 0 aromatic carbocycles. The van der Waals surface area contributed by atoms with Gasteiger partial charge in [0.25, 0.3) is 0 Å². The summed E-state index contributed by atoms with van der Waals surface area (Å²) in [5, 5.41) is 3.29. The van der Waals surface area contributed by atoms with E-state index >= 15 is 0 Å². The number of nitrogens with one attached hydrogen (secondary N) is 1. The first-order valence-electron chi connectivity index (χ1n) is 3.54. The molecule has 0 aromatic heterocycles. The summed E-state index contributed by atoms with van der Waals surface area (Å²) in [6.45, 7) is 7.78. The molecule has 0 amide bonds. The number of aliphatic imine (C=N–C) groups is 1. The standard InChI is InChI=1S/C9H13ClN2/c1-8(9(2)10)7-12-6-4-5-11-3/h4-5,7,11H,1-2,6H2,3H3/b5-4+,12-7?. The lowest BCUT2D eigenvalue weighted by atomic mass is 10.3. The van der Waals surface area contributed by atoms with E-state index in [1.54, 1.807) is 6.21 Å². The van der Waals surface area contributed by atoms with E-state index in [0.29, 0.717) is 17.2 Å². The summed E-state index contributed by atoms with van der Waals surface area (Å²) in [7, 11) is 1.83. The maximum Gasteiger partial charge on any atom is 0.0587 e. The SMILES string of the molecule is C=C(Cl)C(=C)C=NC/C=C/NC. The van der Waals surface area contributed by atoms with Gasteiger partial charge in [0.2, 0.25) is 0 Å². The molecule has 0 spiro atoms. The quantitative estimate of drug-likeness (QED) is 0.514. The molecule has 0 heterocycles. The minimum atomic E-state index is 0.427. The molecule has 0 aliphatic rings. The number of allylic oxidation sites excluding steroid dienone is 2. The summed E-state index contributed by atoms with van der Waals surface area (Å²) in [5.41, 5.74) is 0.648. The lowest BCUT2D eigenvalue weighted by Crippen LogP contribution is -1.91. The van der Waals surface area contributed by atoms with Crippen LogP contribution in [0.1, 0.15) is 0 Å². The Labute approximate surface area is 78.3 Å². The van der Waals surface area contributed by atoms with Crippen LogP contribution in [-0.4, -0.2) is 19.8 Å². The number of hydrogen-bond acceptors (Lipinski definition) is 2. The van der Waals surface area contributed by atoms with Gasteiger partial charge in [-0.1, -0.05) is 24.8 Å². The highest BCUT2D eigenvalue weighted by Gasteiger charge is 1.88. The molecule has 0 unspecified atom stereocenters. The predicted octanol–water partition coefficient (Wildman–Crippen LogP) is 2.10. The Hall–Kier alpha value is -1.02. The van der Waals surface area contributed by atoms with Crippen LogP contribution in [0.3, 0.4) is 0 Å². The fourth-order valence-corrected chi connectivity index (χ4v) is 0.513. The molecular formula is C9H13ClN2. The van der Waals surface area contributed by atoms with Crippen molar-refractivity contribution in [2.24, 2.45) is 4.99 Å². The molecular weight excluding hydrogens is 172 g/mol. The number of halogens is 1. The van der Waals surface area contributed by atoms with Gasteiger partial charge in [-0.05, 0) is 12.3 Å². The van der Waals surface area contributed by atoms with E-state index in [1.807, 2.05) is 19.3 Å². The second kappa shape index (κ2) is 6.68. The van der Waals surface area contributed by atoms with Gasteiger partial charge in [-0.2, -0.15) is 0 Å². The Morgan fingerprint density at radius 2 is 2.25 bits per heavy atom. The van der Waals surface area contributed by atoms with Crippen LogP contribution in [0.4, 0.5) is 0 Å². The van der Waals surface area contributed by atoms with E-state index < -0.39 is 0 Å². The van der Waals surface area contributed by atoms with Crippen molar-refractivity contribution in [3.8, 4) is 0 Å². The van der Waals surface area contributed by atoms with Crippen molar-refractivity contribution in [3.05, 3.63) is 36.0 Å². The minimum absolute atomic E-state index is 0.427. The van der Waals surface area contributed by atoms with Crippen LogP contribution in [0.25, 0.3) is 0 Å². The summed E-state index contributed by atoms with van der Waals surface area (Å²) in [4.78, 5) is 4.03. The third-order valence-corrected chi connectivity index (χ3v) is 1.33. The Balaban J connectivity index is 3.69. The number of hydrogen-bond donors (Lipinski definition) is 1. The lowest BCUT2D eigenvalue weighted by molar-refractivity contribution is 1.08. The number of nitrogens with zero attached hydrogens (tertiary/aromatic N) is 1. The molecule has 2 nitrogen and oxygen atoms in total. The van der Waals surface area contributed by atoms with Crippen molar-refractivity contribution in [3.63, 3.8) is 0 Å². The Morgan fingerprint density at radius 1 is 1.58 bits per heavy atom. The second-order valence-electron chi connectivity index (χ2n) is 2.12. The van der Waals surface area contributed by atoms with E-state index in [1.165, 1.54) is 0 Å². The van der Waals surface area contributed by atoms with Crippen LogP contribution in [0, 0.1) is 0 Å². The van der Waals surface area contributed by atoms with Crippen molar-refractivity contribution in [1.29, 1.82) is 0 Å². The molecule has 0 radical (unpaired) electrons. The van der Waals surface area contributed by atoms with E-state index in [0.717, 1.165) is 0 Å². The molecule has 0 rings (SSSR count). The van der Waals surface area contributed by atoms with Crippen molar-refractivity contribution in [2.45, 2.75) is 0 Å². The highest BCUT2D eigenvalue weighted by molar-refractivity contribution is 6.33. The average molecular weight is 185 g/mol. The summed E-state index contributed by atoms with van der Waals surface area (Å²) in [6, 6.07) is 0.